The number of nitrogens with one attached hydrogen (secondary N) is 2. The van der Waals surface area contributed by atoms with Gasteiger partial charge in [0, 0.05) is 12.0 Å². The monoisotopic (exact) mass is 302 g/mol. The zero-order valence-corrected chi connectivity index (χ0v) is 13.9. The van der Waals surface area contributed by atoms with Gasteiger partial charge in [0.2, 0.25) is 0 Å². The molecule has 6 heteroatoms. The largest absolute Gasteiger partial charge is 0.364 e. The van der Waals surface area contributed by atoms with Crippen LogP contribution in [0.15, 0.2) is 6.20 Å². The van der Waals surface area contributed by atoms with Crippen LogP contribution in [0.3, 0.4) is 0 Å². The maximum atomic E-state index is 4.74. The van der Waals surface area contributed by atoms with Crippen molar-refractivity contribution in [2.45, 2.75) is 58.4 Å². The van der Waals surface area contributed by atoms with Gasteiger partial charge in [-0.1, -0.05) is 27.7 Å². The second kappa shape index (κ2) is 6.20. The van der Waals surface area contributed by atoms with Gasteiger partial charge < -0.3 is 10.6 Å². The standard InChI is InChI=1S/C16H26N6/c1-10(2)13-9-18-16-15(19-12-5-7-17-8-6-12)20-14(11(3)4)21-22(13)16/h9-12,17H,5-8H2,1-4H3,(H,19,20,21). The quantitative estimate of drug-likeness (QED) is 0.908. The highest BCUT2D eigenvalue weighted by Crippen LogP contribution is 2.23. The van der Waals surface area contributed by atoms with Gasteiger partial charge >= 0.3 is 0 Å². The van der Waals surface area contributed by atoms with Crippen LogP contribution in [0.25, 0.3) is 5.65 Å². The van der Waals surface area contributed by atoms with Gasteiger partial charge in [-0.25, -0.2) is 14.5 Å². The van der Waals surface area contributed by atoms with Crippen LogP contribution in [0.5, 0.6) is 0 Å². The number of piperidine rings is 1. The number of nitrogens with zero attached hydrogens (tertiary/aromatic N) is 4. The van der Waals surface area contributed by atoms with E-state index in [0.29, 0.717) is 17.9 Å². The molecule has 0 aromatic carbocycles. The van der Waals surface area contributed by atoms with E-state index >= 15 is 0 Å². The summed E-state index contributed by atoms with van der Waals surface area (Å²) in [4.78, 5) is 9.31. The molecule has 0 unspecified atom stereocenters. The van der Waals surface area contributed by atoms with Crippen LogP contribution in [0.4, 0.5) is 5.82 Å². The highest BCUT2D eigenvalue weighted by atomic mass is 15.3. The van der Waals surface area contributed by atoms with Crippen molar-refractivity contribution in [3.05, 3.63) is 17.7 Å². The molecule has 0 saturated carbocycles. The first-order valence-electron chi connectivity index (χ1n) is 8.29. The smallest absolute Gasteiger partial charge is 0.197 e. The fourth-order valence-corrected chi connectivity index (χ4v) is 2.81. The molecule has 1 saturated heterocycles. The van der Waals surface area contributed by atoms with E-state index < -0.39 is 0 Å². The maximum absolute atomic E-state index is 4.74. The lowest BCUT2D eigenvalue weighted by Crippen LogP contribution is -2.35. The first-order valence-corrected chi connectivity index (χ1v) is 8.29. The average molecular weight is 302 g/mol. The lowest BCUT2D eigenvalue weighted by atomic mass is 10.1. The Morgan fingerprint density at radius 1 is 1.18 bits per heavy atom. The zero-order chi connectivity index (χ0) is 15.7. The number of rotatable bonds is 4. The van der Waals surface area contributed by atoms with Gasteiger partial charge in [-0.2, -0.15) is 5.10 Å². The lowest BCUT2D eigenvalue weighted by molar-refractivity contribution is 0.478. The van der Waals surface area contributed by atoms with Crippen LogP contribution in [-0.2, 0) is 0 Å². The van der Waals surface area contributed by atoms with Crippen molar-refractivity contribution in [3.63, 3.8) is 0 Å². The Labute approximate surface area is 131 Å². The minimum Gasteiger partial charge on any atom is -0.364 e. The first-order chi connectivity index (χ1) is 10.6. The van der Waals surface area contributed by atoms with E-state index in [1.165, 1.54) is 0 Å². The molecule has 1 aliphatic heterocycles. The fraction of sp³-hybridized carbons (Fsp3) is 0.688. The van der Waals surface area contributed by atoms with Gasteiger partial charge in [0.15, 0.2) is 17.3 Å². The Balaban J connectivity index is 2.02. The van der Waals surface area contributed by atoms with Gasteiger partial charge in [-0.05, 0) is 31.8 Å². The van der Waals surface area contributed by atoms with Crippen molar-refractivity contribution in [1.82, 2.24) is 24.9 Å². The molecule has 2 aromatic heterocycles. The molecule has 2 N–H and O–H groups in total. The highest BCUT2D eigenvalue weighted by molar-refractivity contribution is 5.63. The Kier molecular flexibility index (Phi) is 4.29. The van der Waals surface area contributed by atoms with E-state index in [1.54, 1.807) is 0 Å². The zero-order valence-electron chi connectivity index (χ0n) is 13.9. The molecule has 1 fully saturated rings. The molecule has 0 aliphatic carbocycles. The molecule has 0 amide bonds. The Bertz CT molecular complexity index is 639. The molecule has 0 radical (unpaired) electrons. The van der Waals surface area contributed by atoms with Gasteiger partial charge in [-0.3, -0.25) is 0 Å². The molecule has 22 heavy (non-hydrogen) atoms. The van der Waals surface area contributed by atoms with Crippen molar-refractivity contribution in [1.29, 1.82) is 0 Å². The molecule has 3 rings (SSSR count). The Hall–Kier alpha value is -1.69. The van der Waals surface area contributed by atoms with Crippen molar-refractivity contribution in [2.24, 2.45) is 0 Å². The Morgan fingerprint density at radius 2 is 1.91 bits per heavy atom. The summed E-state index contributed by atoms with van der Waals surface area (Å²) in [6.45, 7) is 10.7. The molecular weight excluding hydrogens is 276 g/mol. The molecule has 2 aromatic rings. The third kappa shape index (κ3) is 2.92. The molecule has 1 aliphatic rings. The molecule has 0 bridgehead atoms. The minimum atomic E-state index is 0.292. The predicted molar refractivity (Wildman–Crippen MR) is 88.5 cm³/mol. The lowest BCUT2D eigenvalue weighted by Gasteiger charge is -2.24. The van der Waals surface area contributed by atoms with E-state index in [-0.39, 0.29) is 0 Å². The normalized spacial score (nSPS) is 16.8. The summed E-state index contributed by atoms with van der Waals surface area (Å²) in [7, 11) is 0. The van der Waals surface area contributed by atoms with Gasteiger partial charge in [0.05, 0.1) is 11.9 Å². The Morgan fingerprint density at radius 3 is 2.55 bits per heavy atom. The predicted octanol–water partition coefficient (Wildman–Crippen LogP) is 2.54. The summed E-state index contributed by atoms with van der Waals surface area (Å²) in [6, 6.07) is 0.458. The molecule has 0 spiro atoms. The number of hydrogen-bond acceptors (Lipinski definition) is 5. The van der Waals surface area contributed by atoms with Crippen molar-refractivity contribution >= 4 is 11.5 Å². The first kappa shape index (κ1) is 15.2. The van der Waals surface area contributed by atoms with E-state index in [1.807, 2.05) is 10.7 Å². The number of imidazole rings is 1. The highest BCUT2D eigenvalue weighted by Gasteiger charge is 2.19. The minimum absolute atomic E-state index is 0.292. The second-order valence-electron chi connectivity index (χ2n) is 6.72. The fourth-order valence-electron chi connectivity index (χ4n) is 2.81. The van der Waals surface area contributed by atoms with Gasteiger partial charge in [0.25, 0.3) is 0 Å². The molecular formula is C16H26N6. The van der Waals surface area contributed by atoms with E-state index in [9.17, 15) is 0 Å². The topological polar surface area (TPSA) is 67.1 Å². The van der Waals surface area contributed by atoms with Gasteiger partial charge in [0.1, 0.15) is 0 Å². The number of fused-ring (bicyclic) bond motifs is 1. The third-order valence-corrected chi connectivity index (χ3v) is 4.19. The van der Waals surface area contributed by atoms with E-state index in [2.05, 4.69) is 43.3 Å². The molecule has 120 valence electrons. The van der Waals surface area contributed by atoms with Crippen LogP contribution >= 0.6 is 0 Å². The van der Waals surface area contributed by atoms with Crippen molar-refractivity contribution in [3.8, 4) is 0 Å². The van der Waals surface area contributed by atoms with Crippen molar-refractivity contribution < 1.29 is 0 Å². The van der Waals surface area contributed by atoms with E-state index in [0.717, 1.165) is 48.9 Å². The summed E-state index contributed by atoms with van der Waals surface area (Å²) >= 11 is 0. The van der Waals surface area contributed by atoms with E-state index in [4.69, 9.17) is 10.1 Å². The summed E-state index contributed by atoms with van der Waals surface area (Å²) in [5.74, 6) is 2.42. The summed E-state index contributed by atoms with van der Waals surface area (Å²) in [5.41, 5.74) is 1.97. The number of aromatic nitrogens is 4. The molecule has 6 nitrogen and oxygen atoms in total. The van der Waals surface area contributed by atoms with Gasteiger partial charge in [-0.15, -0.1) is 0 Å². The molecule has 3 heterocycles. The van der Waals surface area contributed by atoms with Crippen LogP contribution in [0.2, 0.25) is 0 Å². The average Bonchev–Trinajstić information content (AvgIpc) is 2.92. The third-order valence-electron chi connectivity index (χ3n) is 4.19. The second-order valence-corrected chi connectivity index (χ2v) is 6.72. The van der Waals surface area contributed by atoms with Crippen LogP contribution in [-0.4, -0.2) is 38.7 Å². The number of anilines is 1. The summed E-state index contributed by atoms with van der Waals surface area (Å²) in [5, 5.41) is 11.7. The SMILES string of the molecule is CC(C)c1nc(NC2CCNCC2)c2ncc(C(C)C)n2n1. The maximum Gasteiger partial charge on any atom is 0.197 e. The van der Waals surface area contributed by atoms with Crippen LogP contribution < -0.4 is 10.6 Å². The summed E-state index contributed by atoms with van der Waals surface area (Å²) in [6.07, 6.45) is 4.15. The number of hydrogen-bond donors (Lipinski definition) is 2. The van der Waals surface area contributed by atoms with Crippen molar-refractivity contribution in [2.75, 3.05) is 18.4 Å². The van der Waals surface area contributed by atoms with Crippen LogP contribution in [0.1, 0.15) is 63.9 Å². The summed E-state index contributed by atoms with van der Waals surface area (Å²) < 4.78 is 1.97. The van der Waals surface area contributed by atoms with Crippen LogP contribution in [0, 0.1) is 0 Å². The molecule has 0 atom stereocenters.